The van der Waals surface area contributed by atoms with E-state index in [0.29, 0.717) is 16.7 Å². The van der Waals surface area contributed by atoms with Crippen LogP contribution in [0.25, 0.3) is 21.9 Å². The van der Waals surface area contributed by atoms with Gasteiger partial charge in [0, 0.05) is 10.8 Å². The average Bonchev–Trinajstić information content (AvgIpc) is 3.06. The minimum Gasteiger partial charge on any atom is -0.457 e. The van der Waals surface area contributed by atoms with Gasteiger partial charge in [-0.2, -0.15) is 5.10 Å². The fourth-order valence-electron chi connectivity index (χ4n) is 2.71. The number of carbonyl (C=O) groups excluding carboxylic acids is 1. The zero-order valence-electron chi connectivity index (χ0n) is 13.2. The molecule has 0 saturated carbocycles. The van der Waals surface area contributed by atoms with Gasteiger partial charge in [-0.15, -0.1) is 0 Å². The monoisotopic (exact) mass is 334 g/mol. The highest BCUT2D eigenvalue weighted by Gasteiger charge is 2.11. The molecule has 0 amide bonds. The van der Waals surface area contributed by atoms with Gasteiger partial charge in [-0.3, -0.25) is 14.3 Å². The molecule has 0 bridgehead atoms. The van der Waals surface area contributed by atoms with Crippen LogP contribution in [0.2, 0.25) is 0 Å². The highest BCUT2D eigenvalue weighted by Crippen LogP contribution is 2.19. The maximum Gasteiger partial charge on any atom is 0.328 e. The van der Waals surface area contributed by atoms with Crippen LogP contribution in [0.5, 0.6) is 0 Å². The van der Waals surface area contributed by atoms with Crippen molar-refractivity contribution in [2.24, 2.45) is 0 Å². The van der Waals surface area contributed by atoms with Crippen molar-refractivity contribution in [3.05, 3.63) is 76.8 Å². The quantitative estimate of drug-likeness (QED) is 0.537. The smallest absolute Gasteiger partial charge is 0.328 e. The van der Waals surface area contributed by atoms with Gasteiger partial charge >= 0.3 is 5.97 Å². The topological polar surface area (TPSA) is 74.3 Å². The maximum absolute atomic E-state index is 12.1. The maximum atomic E-state index is 12.1. The number of ether oxygens (including phenoxy) is 1. The number of benzene rings is 2. The van der Waals surface area contributed by atoms with Gasteiger partial charge in [0.15, 0.2) is 0 Å². The molecule has 2 aromatic carbocycles. The van der Waals surface area contributed by atoms with Crippen LogP contribution in [0.15, 0.2) is 70.0 Å². The Labute approximate surface area is 142 Å². The van der Waals surface area contributed by atoms with E-state index < -0.39 is 5.97 Å². The Balaban J connectivity index is 1.49. The molecule has 0 aliphatic carbocycles. The molecule has 6 nitrogen and oxygen atoms in total. The standard InChI is InChI=1S/C19H14N2O4/c22-17-10-20-21(16-7-3-2-6-15(16)17)11-19(23)24-12-14-9-13-5-1-4-8-18(13)25-14/h1-10H,11-12H2. The lowest BCUT2D eigenvalue weighted by atomic mass is 10.2. The Morgan fingerprint density at radius 1 is 1.12 bits per heavy atom. The van der Waals surface area contributed by atoms with Crippen LogP contribution in [0.4, 0.5) is 0 Å². The Bertz CT molecular complexity index is 1090. The van der Waals surface area contributed by atoms with Gasteiger partial charge in [0.05, 0.1) is 11.7 Å². The molecular formula is C19H14N2O4. The highest BCUT2D eigenvalue weighted by molar-refractivity contribution is 5.80. The van der Waals surface area contributed by atoms with E-state index >= 15 is 0 Å². The molecule has 0 atom stereocenters. The summed E-state index contributed by atoms with van der Waals surface area (Å²) in [7, 11) is 0. The number of aromatic nitrogens is 2. The molecule has 0 N–H and O–H groups in total. The van der Waals surface area contributed by atoms with E-state index in [-0.39, 0.29) is 18.6 Å². The molecule has 0 unspecified atom stereocenters. The van der Waals surface area contributed by atoms with Crippen LogP contribution in [0.1, 0.15) is 5.76 Å². The van der Waals surface area contributed by atoms with Crippen LogP contribution < -0.4 is 5.43 Å². The number of furan rings is 1. The lowest BCUT2D eigenvalue weighted by molar-refractivity contribution is -0.146. The molecule has 0 radical (unpaired) electrons. The summed E-state index contributed by atoms with van der Waals surface area (Å²) in [5.41, 5.74) is 1.17. The van der Waals surface area contributed by atoms with E-state index in [2.05, 4.69) is 5.10 Å². The molecule has 2 aromatic heterocycles. The molecule has 0 aliphatic heterocycles. The lowest BCUT2D eigenvalue weighted by Crippen LogP contribution is -2.19. The summed E-state index contributed by atoms with van der Waals surface area (Å²) in [6.45, 7) is -0.0351. The van der Waals surface area contributed by atoms with Gasteiger partial charge in [-0.1, -0.05) is 30.3 Å². The second-order valence-electron chi connectivity index (χ2n) is 5.59. The summed E-state index contributed by atoms with van der Waals surface area (Å²) in [4.78, 5) is 23.9. The molecule has 0 saturated heterocycles. The summed E-state index contributed by atoms with van der Waals surface area (Å²) in [6, 6.07) is 16.4. The predicted octanol–water partition coefficient (Wildman–Crippen LogP) is 2.89. The predicted molar refractivity (Wildman–Crippen MR) is 92.0 cm³/mol. The molecule has 4 aromatic rings. The summed E-state index contributed by atoms with van der Waals surface area (Å²) in [5, 5.41) is 5.49. The Morgan fingerprint density at radius 3 is 2.80 bits per heavy atom. The Morgan fingerprint density at radius 2 is 1.92 bits per heavy atom. The van der Waals surface area contributed by atoms with Crippen LogP contribution in [0.3, 0.4) is 0 Å². The van der Waals surface area contributed by atoms with Crippen LogP contribution >= 0.6 is 0 Å². The fourth-order valence-corrected chi connectivity index (χ4v) is 2.71. The number of esters is 1. The van der Waals surface area contributed by atoms with Crippen molar-refractivity contribution in [2.75, 3.05) is 0 Å². The van der Waals surface area contributed by atoms with Crippen molar-refractivity contribution >= 4 is 27.8 Å². The number of para-hydroxylation sites is 2. The van der Waals surface area contributed by atoms with Gasteiger partial charge in [0.1, 0.15) is 24.5 Å². The molecule has 0 aliphatic rings. The van der Waals surface area contributed by atoms with Gasteiger partial charge in [-0.05, 0) is 24.3 Å². The normalized spacial score (nSPS) is 11.0. The number of hydrogen-bond donors (Lipinski definition) is 0. The third kappa shape index (κ3) is 3.01. The molecule has 6 heteroatoms. The summed E-state index contributed by atoms with van der Waals surface area (Å²) in [6.07, 6.45) is 1.20. The van der Waals surface area contributed by atoms with Crippen LogP contribution in [0, 0.1) is 0 Å². The van der Waals surface area contributed by atoms with Gasteiger partial charge in [0.25, 0.3) is 0 Å². The molecule has 25 heavy (non-hydrogen) atoms. The molecule has 0 spiro atoms. The molecule has 4 rings (SSSR count). The van der Waals surface area contributed by atoms with Gasteiger partial charge in [0.2, 0.25) is 5.43 Å². The first-order valence-corrected chi connectivity index (χ1v) is 7.79. The number of nitrogens with zero attached hydrogens (tertiary/aromatic N) is 2. The molecule has 124 valence electrons. The molecule has 2 heterocycles. The van der Waals surface area contributed by atoms with E-state index in [1.165, 1.54) is 10.9 Å². The summed E-state index contributed by atoms with van der Waals surface area (Å²) >= 11 is 0. The third-order valence-electron chi connectivity index (χ3n) is 3.89. The van der Waals surface area contributed by atoms with E-state index in [1.54, 1.807) is 24.3 Å². The van der Waals surface area contributed by atoms with E-state index in [4.69, 9.17) is 9.15 Å². The van der Waals surface area contributed by atoms with Crippen molar-refractivity contribution in [3.63, 3.8) is 0 Å². The first-order chi connectivity index (χ1) is 12.2. The van der Waals surface area contributed by atoms with Crippen molar-refractivity contribution in [1.29, 1.82) is 0 Å². The van der Waals surface area contributed by atoms with Gasteiger partial charge < -0.3 is 9.15 Å². The number of rotatable bonds is 4. The average molecular weight is 334 g/mol. The minimum absolute atomic E-state index is 0.0473. The van der Waals surface area contributed by atoms with Crippen LogP contribution in [-0.4, -0.2) is 15.7 Å². The summed E-state index contributed by atoms with van der Waals surface area (Å²) < 4.78 is 12.3. The highest BCUT2D eigenvalue weighted by atomic mass is 16.5. The number of fused-ring (bicyclic) bond motifs is 2. The first kappa shape index (κ1) is 15.1. The minimum atomic E-state index is -0.457. The SMILES string of the molecule is O=C(Cn1ncc(=O)c2ccccc21)OCc1cc2ccccc2o1. The van der Waals surface area contributed by atoms with Crippen molar-refractivity contribution in [3.8, 4) is 0 Å². The second kappa shape index (κ2) is 6.24. The van der Waals surface area contributed by atoms with Crippen molar-refractivity contribution < 1.29 is 13.9 Å². The number of hydrogen-bond acceptors (Lipinski definition) is 5. The summed E-state index contributed by atoms with van der Waals surface area (Å²) in [5.74, 6) is 0.119. The molecule has 0 fully saturated rings. The largest absolute Gasteiger partial charge is 0.457 e. The van der Waals surface area contributed by atoms with Crippen molar-refractivity contribution in [1.82, 2.24) is 9.78 Å². The third-order valence-corrected chi connectivity index (χ3v) is 3.89. The Hall–Kier alpha value is -3.41. The number of carbonyl (C=O) groups is 1. The molecular weight excluding hydrogens is 320 g/mol. The lowest BCUT2D eigenvalue weighted by Gasteiger charge is -2.08. The van der Waals surface area contributed by atoms with Gasteiger partial charge in [-0.25, -0.2) is 0 Å². The fraction of sp³-hybridized carbons (Fsp3) is 0.105. The van der Waals surface area contributed by atoms with E-state index in [1.807, 2.05) is 30.3 Å². The first-order valence-electron chi connectivity index (χ1n) is 7.79. The van der Waals surface area contributed by atoms with Crippen LogP contribution in [-0.2, 0) is 22.7 Å². The zero-order valence-corrected chi connectivity index (χ0v) is 13.2. The zero-order chi connectivity index (χ0) is 17.2. The van der Waals surface area contributed by atoms with E-state index in [9.17, 15) is 9.59 Å². The Kier molecular flexibility index (Phi) is 3.78. The second-order valence-corrected chi connectivity index (χ2v) is 5.59. The van der Waals surface area contributed by atoms with Crippen molar-refractivity contribution in [2.45, 2.75) is 13.2 Å². The van der Waals surface area contributed by atoms with E-state index in [0.717, 1.165) is 11.0 Å².